The van der Waals surface area contributed by atoms with Crippen LogP contribution in [-0.4, -0.2) is 16.2 Å². The topological polar surface area (TPSA) is 76.1 Å². The van der Waals surface area contributed by atoms with Crippen molar-refractivity contribution in [2.45, 2.75) is 6.61 Å². The summed E-state index contributed by atoms with van der Waals surface area (Å²) in [7, 11) is 0. The molecule has 0 fully saturated rings. The van der Waals surface area contributed by atoms with Crippen molar-refractivity contribution in [3.05, 3.63) is 64.4 Å². The van der Waals surface area contributed by atoms with E-state index in [2.05, 4.69) is 20.8 Å². The summed E-state index contributed by atoms with van der Waals surface area (Å²) in [6.45, 7) is 0.168. The predicted octanol–water partition coefficient (Wildman–Crippen LogP) is 4.55. The minimum absolute atomic E-state index is 0.168. The molecule has 0 aliphatic carbocycles. The van der Waals surface area contributed by atoms with Crippen LogP contribution in [0.15, 0.2) is 48.5 Å². The average molecular weight is 379 g/mol. The molecule has 128 valence electrons. The number of urea groups is 1. The highest BCUT2D eigenvalue weighted by atomic mass is 35.5. The van der Waals surface area contributed by atoms with Gasteiger partial charge in [0.25, 0.3) is 0 Å². The highest BCUT2D eigenvalue weighted by Crippen LogP contribution is 2.19. The maximum atomic E-state index is 12.8. The SMILES string of the molecule is O=C(Nc1cccc(Cl)c1)Nc1nnc(COc2ccc(F)cc2)s1. The molecule has 1 aromatic heterocycles. The molecule has 0 aliphatic rings. The summed E-state index contributed by atoms with van der Waals surface area (Å²) in [5.74, 6) is 0.185. The highest BCUT2D eigenvalue weighted by molar-refractivity contribution is 7.15. The van der Waals surface area contributed by atoms with Crippen LogP contribution in [0.1, 0.15) is 5.01 Å². The van der Waals surface area contributed by atoms with Gasteiger partial charge in [0.2, 0.25) is 5.13 Å². The number of anilines is 2. The molecule has 9 heteroatoms. The van der Waals surface area contributed by atoms with Gasteiger partial charge in [-0.2, -0.15) is 0 Å². The first-order valence-corrected chi connectivity index (χ1v) is 8.32. The Hall–Kier alpha value is -2.71. The summed E-state index contributed by atoms with van der Waals surface area (Å²) in [4.78, 5) is 11.9. The number of rotatable bonds is 5. The van der Waals surface area contributed by atoms with Gasteiger partial charge in [0, 0.05) is 10.7 Å². The quantitative estimate of drug-likeness (QED) is 0.682. The number of carbonyl (C=O) groups excluding carboxylic acids is 1. The van der Waals surface area contributed by atoms with Gasteiger partial charge in [-0.15, -0.1) is 10.2 Å². The number of aromatic nitrogens is 2. The second-order valence-electron chi connectivity index (χ2n) is 4.83. The molecule has 0 saturated carbocycles. The lowest BCUT2D eigenvalue weighted by Gasteiger charge is -2.05. The zero-order valence-electron chi connectivity index (χ0n) is 12.7. The molecule has 25 heavy (non-hydrogen) atoms. The van der Waals surface area contributed by atoms with Crippen LogP contribution >= 0.6 is 22.9 Å². The molecule has 2 amide bonds. The third kappa shape index (κ3) is 5.13. The molecular weight excluding hydrogens is 367 g/mol. The van der Waals surface area contributed by atoms with E-state index >= 15 is 0 Å². The lowest BCUT2D eigenvalue weighted by atomic mass is 10.3. The minimum atomic E-state index is -0.454. The van der Waals surface area contributed by atoms with Crippen molar-refractivity contribution in [1.29, 1.82) is 0 Å². The molecule has 0 saturated heterocycles. The summed E-state index contributed by atoms with van der Waals surface area (Å²) in [5.41, 5.74) is 0.564. The van der Waals surface area contributed by atoms with E-state index in [4.69, 9.17) is 16.3 Å². The lowest BCUT2D eigenvalue weighted by Crippen LogP contribution is -2.19. The molecule has 0 atom stereocenters. The van der Waals surface area contributed by atoms with E-state index in [0.717, 1.165) is 0 Å². The van der Waals surface area contributed by atoms with Crippen LogP contribution < -0.4 is 15.4 Å². The van der Waals surface area contributed by atoms with E-state index in [1.165, 1.54) is 35.6 Å². The van der Waals surface area contributed by atoms with Crippen LogP contribution in [-0.2, 0) is 6.61 Å². The molecule has 0 aliphatic heterocycles. The van der Waals surface area contributed by atoms with Gasteiger partial charge in [-0.05, 0) is 42.5 Å². The molecule has 0 bridgehead atoms. The fraction of sp³-hybridized carbons (Fsp3) is 0.0625. The molecule has 0 spiro atoms. The summed E-state index contributed by atoms with van der Waals surface area (Å²) in [6.07, 6.45) is 0. The normalized spacial score (nSPS) is 10.3. The van der Waals surface area contributed by atoms with Crippen molar-refractivity contribution in [2.75, 3.05) is 10.6 Å². The average Bonchev–Trinajstić information content (AvgIpc) is 3.01. The smallest absolute Gasteiger partial charge is 0.325 e. The molecule has 2 aromatic carbocycles. The molecule has 3 rings (SSSR count). The first-order valence-electron chi connectivity index (χ1n) is 7.13. The van der Waals surface area contributed by atoms with Crippen LogP contribution in [0.3, 0.4) is 0 Å². The fourth-order valence-electron chi connectivity index (χ4n) is 1.86. The van der Waals surface area contributed by atoms with Gasteiger partial charge < -0.3 is 10.1 Å². The fourth-order valence-corrected chi connectivity index (χ4v) is 2.70. The van der Waals surface area contributed by atoms with Gasteiger partial charge in [-0.25, -0.2) is 9.18 Å². The molecule has 2 N–H and O–H groups in total. The van der Waals surface area contributed by atoms with Crippen LogP contribution in [0.2, 0.25) is 5.02 Å². The second-order valence-corrected chi connectivity index (χ2v) is 6.33. The van der Waals surface area contributed by atoms with Crippen molar-refractivity contribution in [3.63, 3.8) is 0 Å². The molecule has 1 heterocycles. The Morgan fingerprint density at radius 3 is 2.72 bits per heavy atom. The number of nitrogens with one attached hydrogen (secondary N) is 2. The first-order chi connectivity index (χ1) is 12.1. The van der Waals surface area contributed by atoms with Gasteiger partial charge in [-0.1, -0.05) is 29.0 Å². The molecule has 6 nitrogen and oxygen atoms in total. The molecular formula is C16H12ClFN4O2S. The maximum Gasteiger partial charge on any atom is 0.325 e. The van der Waals surface area contributed by atoms with Crippen LogP contribution in [0, 0.1) is 5.82 Å². The van der Waals surface area contributed by atoms with Gasteiger partial charge in [0.1, 0.15) is 18.2 Å². The zero-order valence-corrected chi connectivity index (χ0v) is 14.3. The minimum Gasteiger partial charge on any atom is -0.486 e. The first kappa shape index (κ1) is 17.1. The van der Waals surface area contributed by atoms with Crippen LogP contribution in [0.4, 0.5) is 20.0 Å². The van der Waals surface area contributed by atoms with Crippen molar-refractivity contribution >= 4 is 39.8 Å². The second kappa shape index (κ2) is 7.91. The van der Waals surface area contributed by atoms with E-state index in [1.807, 2.05) is 0 Å². The predicted molar refractivity (Wildman–Crippen MR) is 94.7 cm³/mol. The number of halogens is 2. The van der Waals surface area contributed by atoms with Crippen molar-refractivity contribution in [3.8, 4) is 5.75 Å². The summed E-state index contributed by atoms with van der Waals surface area (Å²) in [5, 5.41) is 14.4. The van der Waals surface area contributed by atoms with Gasteiger partial charge >= 0.3 is 6.03 Å². The van der Waals surface area contributed by atoms with Crippen molar-refractivity contribution < 1.29 is 13.9 Å². The van der Waals surface area contributed by atoms with E-state index < -0.39 is 6.03 Å². The van der Waals surface area contributed by atoms with Gasteiger partial charge in [0.15, 0.2) is 5.01 Å². The Kier molecular flexibility index (Phi) is 5.42. The monoisotopic (exact) mass is 378 g/mol. The summed E-state index contributed by atoms with van der Waals surface area (Å²) < 4.78 is 18.3. The number of benzene rings is 2. The number of amides is 2. The lowest BCUT2D eigenvalue weighted by molar-refractivity contribution is 0.262. The summed E-state index contributed by atoms with van der Waals surface area (Å²) in [6, 6.07) is 12.0. The molecule has 0 radical (unpaired) electrons. The highest BCUT2D eigenvalue weighted by Gasteiger charge is 2.09. The number of carbonyl (C=O) groups is 1. The molecule has 3 aromatic rings. The maximum absolute atomic E-state index is 12.8. The zero-order chi connectivity index (χ0) is 17.6. The van der Waals surface area contributed by atoms with Crippen LogP contribution in [0.25, 0.3) is 0 Å². The summed E-state index contributed by atoms with van der Waals surface area (Å²) >= 11 is 7.04. The standard InChI is InChI=1S/C16H12ClFN4O2S/c17-10-2-1-3-12(8-10)19-15(23)20-16-22-21-14(25-16)9-24-13-6-4-11(18)5-7-13/h1-8H,9H2,(H2,19,20,22,23). The van der Waals surface area contributed by atoms with Crippen molar-refractivity contribution in [2.24, 2.45) is 0 Å². The third-order valence-electron chi connectivity index (χ3n) is 2.95. The Labute approximate surface area is 151 Å². The van der Waals surface area contributed by atoms with E-state index in [-0.39, 0.29) is 12.4 Å². The van der Waals surface area contributed by atoms with Gasteiger partial charge in [-0.3, -0.25) is 5.32 Å². The Bertz CT molecular complexity index is 873. The Morgan fingerprint density at radius 1 is 1.16 bits per heavy atom. The van der Waals surface area contributed by atoms with Crippen LogP contribution in [0.5, 0.6) is 5.75 Å². The van der Waals surface area contributed by atoms with E-state index in [9.17, 15) is 9.18 Å². The number of hydrogen-bond acceptors (Lipinski definition) is 5. The largest absolute Gasteiger partial charge is 0.486 e. The Morgan fingerprint density at radius 2 is 1.96 bits per heavy atom. The number of nitrogens with zero attached hydrogens (tertiary/aromatic N) is 2. The number of ether oxygens (including phenoxy) is 1. The third-order valence-corrected chi connectivity index (χ3v) is 3.99. The number of hydrogen-bond donors (Lipinski definition) is 2. The molecule has 0 unspecified atom stereocenters. The van der Waals surface area contributed by atoms with E-state index in [0.29, 0.717) is 26.6 Å². The van der Waals surface area contributed by atoms with Crippen molar-refractivity contribution in [1.82, 2.24) is 10.2 Å². The van der Waals surface area contributed by atoms with Gasteiger partial charge in [0.05, 0.1) is 0 Å². The van der Waals surface area contributed by atoms with E-state index in [1.54, 1.807) is 24.3 Å². The Balaban J connectivity index is 1.52.